The minimum atomic E-state index is -0.0289. The first-order chi connectivity index (χ1) is 11.6. The smallest absolute Gasteiger partial charge is 0.244 e. The molecule has 3 rings (SSSR count). The van der Waals surface area contributed by atoms with Gasteiger partial charge in [0.15, 0.2) is 0 Å². The Hall–Kier alpha value is -2.75. The first-order valence-electron chi connectivity index (χ1n) is 8.16. The van der Waals surface area contributed by atoms with Crippen LogP contribution in [-0.4, -0.2) is 17.1 Å². The average Bonchev–Trinajstić information content (AvgIpc) is 2.94. The topological polar surface area (TPSA) is 43.3 Å². The number of hydrogen-bond acceptors (Lipinski definition) is 2. The molecule has 0 fully saturated rings. The van der Waals surface area contributed by atoms with Crippen LogP contribution in [0.15, 0.2) is 48.7 Å². The fraction of sp³-hybridized carbons (Fsp3) is 0.250. The van der Waals surface area contributed by atoms with E-state index in [1.807, 2.05) is 74.0 Å². The van der Waals surface area contributed by atoms with Crippen molar-refractivity contribution < 1.29 is 9.53 Å². The quantitative estimate of drug-likeness (QED) is 0.761. The summed E-state index contributed by atoms with van der Waals surface area (Å²) in [4.78, 5) is 12.4. The van der Waals surface area contributed by atoms with E-state index in [1.54, 1.807) is 0 Å². The van der Waals surface area contributed by atoms with E-state index < -0.39 is 0 Å². The van der Waals surface area contributed by atoms with Gasteiger partial charge in [-0.2, -0.15) is 0 Å². The minimum absolute atomic E-state index is 0.0289. The van der Waals surface area contributed by atoms with E-state index in [2.05, 4.69) is 5.32 Å². The Labute approximate surface area is 142 Å². The molecule has 0 atom stereocenters. The summed E-state index contributed by atoms with van der Waals surface area (Å²) in [6.45, 7) is 6.90. The van der Waals surface area contributed by atoms with Gasteiger partial charge in [0, 0.05) is 22.8 Å². The molecule has 1 amide bonds. The maximum Gasteiger partial charge on any atom is 0.244 e. The summed E-state index contributed by atoms with van der Waals surface area (Å²) in [6.07, 6.45) is 1.94. The van der Waals surface area contributed by atoms with Crippen molar-refractivity contribution in [2.45, 2.75) is 27.3 Å². The van der Waals surface area contributed by atoms with Gasteiger partial charge in [0.1, 0.15) is 12.3 Å². The summed E-state index contributed by atoms with van der Waals surface area (Å²) in [6, 6.07) is 13.9. The van der Waals surface area contributed by atoms with E-state index in [0.717, 1.165) is 33.5 Å². The monoisotopic (exact) mass is 322 g/mol. The molecule has 1 heterocycles. The largest absolute Gasteiger partial charge is 0.494 e. The van der Waals surface area contributed by atoms with Crippen molar-refractivity contribution >= 4 is 22.5 Å². The van der Waals surface area contributed by atoms with E-state index >= 15 is 0 Å². The molecule has 0 unspecified atom stereocenters. The molecule has 0 spiro atoms. The van der Waals surface area contributed by atoms with Crippen molar-refractivity contribution in [1.82, 2.24) is 4.57 Å². The second kappa shape index (κ2) is 6.79. The van der Waals surface area contributed by atoms with Gasteiger partial charge in [-0.1, -0.05) is 18.2 Å². The van der Waals surface area contributed by atoms with Crippen LogP contribution in [0.2, 0.25) is 0 Å². The van der Waals surface area contributed by atoms with Crippen LogP contribution in [-0.2, 0) is 11.3 Å². The number of carbonyl (C=O) groups is 1. The normalized spacial score (nSPS) is 10.8. The van der Waals surface area contributed by atoms with E-state index in [9.17, 15) is 4.79 Å². The Bertz CT molecular complexity index is 860. The Morgan fingerprint density at radius 1 is 1.12 bits per heavy atom. The second-order valence-corrected chi connectivity index (χ2v) is 5.91. The molecule has 24 heavy (non-hydrogen) atoms. The third-order valence-corrected chi connectivity index (χ3v) is 4.11. The fourth-order valence-corrected chi connectivity index (χ4v) is 2.92. The molecule has 4 heteroatoms. The summed E-state index contributed by atoms with van der Waals surface area (Å²) < 4.78 is 7.47. The first-order valence-corrected chi connectivity index (χ1v) is 8.16. The van der Waals surface area contributed by atoms with Gasteiger partial charge in [0.2, 0.25) is 5.91 Å². The van der Waals surface area contributed by atoms with Gasteiger partial charge in [0.05, 0.1) is 6.61 Å². The van der Waals surface area contributed by atoms with E-state index in [4.69, 9.17) is 4.74 Å². The van der Waals surface area contributed by atoms with Crippen LogP contribution in [0.4, 0.5) is 5.69 Å². The lowest BCUT2D eigenvalue weighted by atomic mass is 10.1. The number of aryl methyl sites for hydroxylation is 2. The molecule has 0 saturated heterocycles. The van der Waals surface area contributed by atoms with E-state index in [0.29, 0.717) is 6.61 Å². The molecule has 3 aromatic rings. The van der Waals surface area contributed by atoms with Crippen LogP contribution in [0.1, 0.15) is 18.1 Å². The van der Waals surface area contributed by atoms with Crippen molar-refractivity contribution in [2.75, 3.05) is 11.9 Å². The Kier molecular flexibility index (Phi) is 4.56. The van der Waals surface area contributed by atoms with E-state index in [1.165, 1.54) is 0 Å². The van der Waals surface area contributed by atoms with Crippen molar-refractivity contribution in [1.29, 1.82) is 0 Å². The number of hydrogen-bond donors (Lipinski definition) is 1. The average molecular weight is 322 g/mol. The predicted octanol–water partition coefficient (Wildman–Crippen LogP) is 4.30. The Morgan fingerprint density at radius 3 is 2.58 bits per heavy atom. The second-order valence-electron chi connectivity index (χ2n) is 5.91. The predicted molar refractivity (Wildman–Crippen MR) is 97.7 cm³/mol. The van der Waals surface area contributed by atoms with Gasteiger partial charge in [0.25, 0.3) is 0 Å². The number of anilines is 1. The molecule has 0 saturated carbocycles. The lowest BCUT2D eigenvalue weighted by Crippen LogP contribution is -2.19. The third kappa shape index (κ3) is 3.27. The number of ether oxygens (including phenoxy) is 1. The maximum absolute atomic E-state index is 12.4. The van der Waals surface area contributed by atoms with Crippen LogP contribution in [0.5, 0.6) is 5.75 Å². The van der Waals surface area contributed by atoms with Gasteiger partial charge >= 0.3 is 0 Å². The molecule has 4 nitrogen and oxygen atoms in total. The van der Waals surface area contributed by atoms with Gasteiger partial charge in [-0.25, -0.2) is 0 Å². The number of para-hydroxylation sites is 1. The highest BCUT2D eigenvalue weighted by Gasteiger charge is 2.10. The molecule has 0 bridgehead atoms. The highest BCUT2D eigenvalue weighted by Crippen LogP contribution is 2.23. The molecular formula is C20H22N2O2. The number of fused-ring (bicyclic) bond motifs is 1. The number of benzene rings is 2. The number of amides is 1. The standard InChI is InChI=1S/C20H22N2O2/c1-4-24-17-8-9-18-16(12-17)10-11-22(18)13-19(23)21-20-14(2)6-5-7-15(20)3/h5-12H,4,13H2,1-3H3,(H,21,23). The SMILES string of the molecule is CCOc1ccc2c(ccn2CC(=O)Nc2c(C)cccc2C)c1. The molecule has 124 valence electrons. The Morgan fingerprint density at radius 2 is 1.88 bits per heavy atom. The Balaban J connectivity index is 1.78. The molecule has 1 N–H and O–H groups in total. The number of rotatable bonds is 5. The van der Waals surface area contributed by atoms with Crippen LogP contribution < -0.4 is 10.1 Å². The summed E-state index contributed by atoms with van der Waals surface area (Å²) in [5, 5.41) is 4.10. The zero-order chi connectivity index (χ0) is 17.1. The third-order valence-electron chi connectivity index (χ3n) is 4.11. The minimum Gasteiger partial charge on any atom is -0.494 e. The molecule has 2 aromatic carbocycles. The molecular weight excluding hydrogens is 300 g/mol. The lowest BCUT2D eigenvalue weighted by Gasteiger charge is -2.12. The summed E-state index contributed by atoms with van der Waals surface area (Å²) in [5.74, 6) is 0.821. The van der Waals surface area contributed by atoms with Crippen LogP contribution >= 0.6 is 0 Å². The fourth-order valence-electron chi connectivity index (χ4n) is 2.92. The van der Waals surface area contributed by atoms with Gasteiger partial charge < -0.3 is 14.6 Å². The number of aromatic nitrogens is 1. The number of nitrogens with zero attached hydrogens (tertiary/aromatic N) is 1. The molecule has 1 aromatic heterocycles. The van der Waals surface area contributed by atoms with Crippen LogP contribution in [0.3, 0.4) is 0 Å². The highest BCUT2D eigenvalue weighted by molar-refractivity contribution is 5.93. The van der Waals surface area contributed by atoms with Gasteiger partial charge in [-0.05, 0) is 56.2 Å². The van der Waals surface area contributed by atoms with Gasteiger partial charge in [-0.15, -0.1) is 0 Å². The summed E-state index contributed by atoms with van der Waals surface area (Å²) >= 11 is 0. The molecule has 0 aliphatic carbocycles. The lowest BCUT2D eigenvalue weighted by molar-refractivity contribution is -0.116. The number of carbonyl (C=O) groups excluding carboxylic acids is 1. The van der Waals surface area contributed by atoms with E-state index in [-0.39, 0.29) is 12.5 Å². The highest BCUT2D eigenvalue weighted by atomic mass is 16.5. The molecule has 0 radical (unpaired) electrons. The summed E-state index contributed by atoms with van der Waals surface area (Å²) in [5.41, 5.74) is 4.07. The van der Waals surface area contributed by atoms with Crippen molar-refractivity contribution in [3.05, 3.63) is 59.8 Å². The molecule has 0 aliphatic rings. The first kappa shape index (κ1) is 16.1. The zero-order valence-corrected chi connectivity index (χ0v) is 14.3. The van der Waals surface area contributed by atoms with Crippen LogP contribution in [0, 0.1) is 13.8 Å². The molecule has 0 aliphatic heterocycles. The summed E-state index contributed by atoms with van der Waals surface area (Å²) in [7, 11) is 0. The van der Waals surface area contributed by atoms with Crippen molar-refractivity contribution in [3.8, 4) is 5.75 Å². The van der Waals surface area contributed by atoms with Gasteiger partial charge in [-0.3, -0.25) is 4.79 Å². The van der Waals surface area contributed by atoms with Crippen molar-refractivity contribution in [2.24, 2.45) is 0 Å². The van der Waals surface area contributed by atoms with Crippen LogP contribution in [0.25, 0.3) is 10.9 Å². The zero-order valence-electron chi connectivity index (χ0n) is 14.3. The maximum atomic E-state index is 12.4. The van der Waals surface area contributed by atoms with Crippen molar-refractivity contribution in [3.63, 3.8) is 0 Å². The number of nitrogens with one attached hydrogen (secondary N) is 1.